The summed E-state index contributed by atoms with van der Waals surface area (Å²) < 4.78 is 18.6. The molecule has 3 heteroatoms. The molecule has 0 aliphatic carbocycles. The van der Waals surface area contributed by atoms with Crippen molar-refractivity contribution < 1.29 is 14.2 Å². The van der Waals surface area contributed by atoms with E-state index in [9.17, 15) is 9.50 Å². The number of para-hydroxylation sites is 1. The zero-order chi connectivity index (χ0) is 13.7. The van der Waals surface area contributed by atoms with E-state index in [1.165, 1.54) is 6.07 Å². The van der Waals surface area contributed by atoms with E-state index in [-0.39, 0.29) is 5.82 Å². The third kappa shape index (κ3) is 3.80. The lowest BCUT2D eigenvalue weighted by atomic mass is 10.0. The minimum Gasteiger partial charge on any atom is -0.493 e. The lowest BCUT2D eigenvalue weighted by Gasteiger charge is -2.13. The lowest BCUT2D eigenvalue weighted by molar-refractivity contribution is 0.140. The molecule has 0 amide bonds. The normalized spacial score (nSPS) is 12.2. The second-order valence-electron chi connectivity index (χ2n) is 4.47. The molecule has 2 aromatic rings. The highest BCUT2D eigenvalue weighted by Gasteiger charge is 2.09. The van der Waals surface area contributed by atoms with Crippen LogP contribution < -0.4 is 4.74 Å². The minimum absolute atomic E-state index is 0.253. The van der Waals surface area contributed by atoms with Gasteiger partial charge >= 0.3 is 0 Å². The first-order chi connectivity index (χ1) is 9.16. The summed E-state index contributed by atoms with van der Waals surface area (Å²) in [5.74, 6) is 0.529. The standard InChI is InChI=1S/C16H17FO2/c1-12-11-13(7-8-15(12)17)16(18)9-10-19-14-5-3-2-4-6-14/h2-8,11,16,18H,9-10H2,1H3. The summed E-state index contributed by atoms with van der Waals surface area (Å²) in [7, 11) is 0. The highest BCUT2D eigenvalue weighted by atomic mass is 19.1. The van der Waals surface area contributed by atoms with Gasteiger partial charge in [0.05, 0.1) is 12.7 Å². The molecule has 0 saturated carbocycles. The number of ether oxygens (including phenoxy) is 1. The summed E-state index contributed by atoms with van der Waals surface area (Å²) in [5.41, 5.74) is 1.26. The molecule has 1 unspecified atom stereocenters. The Morgan fingerprint density at radius 1 is 1.16 bits per heavy atom. The van der Waals surface area contributed by atoms with Crippen LogP contribution in [0.5, 0.6) is 5.75 Å². The van der Waals surface area contributed by atoms with E-state index in [0.717, 1.165) is 11.3 Å². The molecule has 0 bridgehead atoms. The third-order valence-electron chi connectivity index (χ3n) is 2.97. The summed E-state index contributed by atoms with van der Waals surface area (Å²) >= 11 is 0. The highest BCUT2D eigenvalue weighted by Crippen LogP contribution is 2.20. The zero-order valence-corrected chi connectivity index (χ0v) is 10.8. The van der Waals surface area contributed by atoms with Crippen LogP contribution in [-0.2, 0) is 0 Å². The van der Waals surface area contributed by atoms with E-state index in [0.29, 0.717) is 18.6 Å². The molecule has 100 valence electrons. The van der Waals surface area contributed by atoms with Gasteiger partial charge in [0, 0.05) is 6.42 Å². The van der Waals surface area contributed by atoms with Crippen molar-refractivity contribution in [2.75, 3.05) is 6.61 Å². The molecule has 0 aromatic heterocycles. The number of hydrogen-bond donors (Lipinski definition) is 1. The molecule has 0 heterocycles. The Bertz CT molecular complexity index is 526. The van der Waals surface area contributed by atoms with Crippen molar-refractivity contribution in [1.29, 1.82) is 0 Å². The Morgan fingerprint density at radius 2 is 1.89 bits per heavy atom. The van der Waals surface area contributed by atoms with E-state index >= 15 is 0 Å². The Balaban J connectivity index is 1.87. The van der Waals surface area contributed by atoms with Crippen LogP contribution in [0.2, 0.25) is 0 Å². The molecule has 0 aliphatic rings. The molecule has 19 heavy (non-hydrogen) atoms. The van der Waals surface area contributed by atoms with Crippen LogP contribution in [0.3, 0.4) is 0 Å². The molecule has 2 nitrogen and oxygen atoms in total. The first-order valence-corrected chi connectivity index (χ1v) is 6.29. The van der Waals surface area contributed by atoms with Crippen molar-refractivity contribution in [3.8, 4) is 5.75 Å². The van der Waals surface area contributed by atoms with Crippen molar-refractivity contribution in [3.63, 3.8) is 0 Å². The second-order valence-corrected chi connectivity index (χ2v) is 4.47. The summed E-state index contributed by atoms with van der Waals surface area (Å²) in [4.78, 5) is 0. The molecule has 0 aliphatic heterocycles. The molecule has 0 fully saturated rings. The van der Waals surface area contributed by atoms with Gasteiger partial charge in [-0.3, -0.25) is 0 Å². The fourth-order valence-electron chi connectivity index (χ4n) is 1.85. The van der Waals surface area contributed by atoms with Gasteiger partial charge in [-0.15, -0.1) is 0 Å². The minimum atomic E-state index is -0.636. The Hall–Kier alpha value is -1.87. The van der Waals surface area contributed by atoms with Gasteiger partial charge in [0.25, 0.3) is 0 Å². The predicted molar refractivity (Wildman–Crippen MR) is 72.7 cm³/mol. The average molecular weight is 260 g/mol. The van der Waals surface area contributed by atoms with E-state index in [4.69, 9.17) is 4.74 Å². The largest absolute Gasteiger partial charge is 0.493 e. The van der Waals surface area contributed by atoms with Crippen LogP contribution in [0.15, 0.2) is 48.5 Å². The number of rotatable bonds is 5. The summed E-state index contributed by atoms with van der Waals surface area (Å²) in [6.45, 7) is 2.10. The van der Waals surface area contributed by atoms with Crippen molar-refractivity contribution >= 4 is 0 Å². The summed E-state index contributed by atoms with van der Waals surface area (Å²) in [6.07, 6.45) is -0.164. The zero-order valence-electron chi connectivity index (χ0n) is 10.8. The van der Waals surface area contributed by atoms with E-state index in [1.807, 2.05) is 30.3 Å². The van der Waals surface area contributed by atoms with Gasteiger partial charge in [0.1, 0.15) is 11.6 Å². The molecule has 0 radical (unpaired) electrons. The topological polar surface area (TPSA) is 29.5 Å². The third-order valence-corrected chi connectivity index (χ3v) is 2.97. The molecule has 0 saturated heterocycles. The average Bonchev–Trinajstić information content (AvgIpc) is 2.43. The van der Waals surface area contributed by atoms with Crippen molar-refractivity contribution in [1.82, 2.24) is 0 Å². The molecule has 0 spiro atoms. The lowest BCUT2D eigenvalue weighted by Crippen LogP contribution is -2.05. The van der Waals surface area contributed by atoms with Crippen LogP contribution in [0.1, 0.15) is 23.7 Å². The van der Waals surface area contributed by atoms with Crippen LogP contribution in [0.25, 0.3) is 0 Å². The monoisotopic (exact) mass is 260 g/mol. The van der Waals surface area contributed by atoms with E-state index in [2.05, 4.69) is 0 Å². The van der Waals surface area contributed by atoms with Gasteiger partial charge < -0.3 is 9.84 Å². The van der Waals surface area contributed by atoms with E-state index < -0.39 is 6.10 Å². The molecule has 1 N–H and O–H groups in total. The number of aliphatic hydroxyl groups is 1. The van der Waals surface area contributed by atoms with Gasteiger partial charge in [0.15, 0.2) is 0 Å². The van der Waals surface area contributed by atoms with Crippen LogP contribution >= 0.6 is 0 Å². The smallest absolute Gasteiger partial charge is 0.126 e. The van der Waals surface area contributed by atoms with Crippen LogP contribution in [0, 0.1) is 12.7 Å². The second kappa shape index (κ2) is 6.34. The molecule has 2 aromatic carbocycles. The molecular formula is C16H17FO2. The maximum absolute atomic E-state index is 13.1. The Morgan fingerprint density at radius 3 is 2.58 bits per heavy atom. The number of aryl methyl sites for hydroxylation is 1. The van der Waals surface area contributed by atoms with Crippen LogP contribution in [0.4, 0.5) is 4.39 Å². The molecular weight excluding hydrogens is 243 g/mol. The van der Waals surface area contributed by atoms with Gasteiger partial charge in [-0.2, -0.15) is 0 Å². The summed E-state index contributed by atoms with van der Waals surface area (Å²) in [6, 6.07) is 14.1. The quantitative estimate of drug-likeness (QED) is 0.889. The Labute approximate surface area is 112 Å². The maximum atomic E-state index is 13.1. The van der Waals surface area contributed by atoms with Gasteiger partial charge in [-0.05, 0) is 36.2 Å². The highest BCUT2D eigenvalue weighted by molar-refractivity contribution is 5.25. The first-order valence-electron chi connectivity index (χ1n) is 6.29. The van der Waals surface area contributed by atoms with Crippen molar-refractivity contribution in [2.24, 2.45) is 0 Å². The number of halogens is 1. The number of benzene rings is 2. The molecule has 1 atom stereocenters. The summed E-state index contributed by atoms with van der Waals surface area (Å²) in [5, 5.41) is 10.0. The van der Waals surface area contributed by atoms with Crippen molar-refractivity contribution in [2.45, 2.75) is 19.4 Å². The van der Waals surface area contributed by atoms with Gasteiger partial charge in [-0.1, -0.05) is 30.3 Å². The maximum Gasteiger partial charge on any atom is 0.126 e. The fourth-order valence-corrected chi connectivity index (χ4v) is 1.85. The first kappa shape index (κ1) is 13.6. The van der Waals surface area contributed by atoms with Crippen molar-refractivity contribution in [3.05, 3.63) is 65.5 Å². The predicted octanol–water partition coefficient (Wildman–Crippen LogP) is 3.64. The van der Waals surface area contributed by atoms with Gasteiger partial charge in [0.2, 0.25) is 0 Å². The number of aliphatic hydroxyl groups excluding tert-OH is 1. The van der Waals surface area contributed by atoms with Crippen LogP contribution in [-0.4, -0.2) is 11.7 Å². The SMILES string of the molecule is Cc1cc(C(O)CCOc2ccccc2)ccc1F. The number of hydrogen-bond acceptors (Lipinski definition) is 2. The molecule has 2 rings (SSSR count). The fraction of sp³-hybridized carbons (Fsp3) is 0.250. The van der Waals surface area contributed by atoms with Gasteiger partial charge in [-0.25, -0.2) is 4.39 Å². The van der Waals surface area contributed by atoms with E-state index in [1.54, 1.807) is 19.1 Å². The Kier molecular flexibility index (Phi) is 4.53.